The minimum atomic E-state index is -0.0837. The van der Waals surface area contributed by atoms with Crippen LogP contribution in [-0.4, -0.2) is 13.1 Å². The smallest absolute Gasteiger partial charge is 0.309 e. The number of allylic oxidation sites excluding steroid dienone is 1. The van der Waals surface area contributed by atoms with E-state index >= 15 is 0 Å². The molecule has 2 aliphatic rings. The van der Waals surface area contributed by atoms with Gasteiger partial charge in [-0.2, -0.15) is 0 Å². The summed E-state index contributed by atoms with van der Waals surface area (Å²) in [5.41, 5.74) is 3.41. The Morgan fingerprint density at radius 2 is 2.00 bits per heavy atom. The topological polar surface area (TPSA) is 26.3 Å². The largest absolute Gasteiger partial charge is 0.469 e. The second-order valence-corrected chi connectivity index (χ2v) is 7.36. The van der Waals surface area contributed by atoms with Gasteiger partial charge in [0, 0.05) is 0 Å². The van der Waals surface area contributed by atoms with Crippen LogP contribution < -0.4 is 0 Å². The Morgan fingerprint density at radius 3 is 2.63 bits per heavy atom. The maximum absolute atomic E-state index is 11.7. The molecule has 108 valence electrons. The summed E-state index contributed by atoms with van der Waals surface area (Å²) >= 11 is 0. The molecule has 0 aromatic rings. The van der Waals surface area contributed by atoms with Crippen molar-refractivity contribution in [3.05, 3.63) is 11.1 Å². The van der Waals surface area contributed by atoms with Crippen molar-refractivity contribution in [2.24, 2.45) is 16.7 Å². The molecular weight excluding hydrogens is 236 g/mol. The van der Waals surface area contributed by atoms with Crippen molar-refractivity contribution in [1.29, 1.82) is 0 Å². The Kier molecular flexibility index (Phi) is 3.81. The summed E-state index contributed by atoms with van der Waals surface area (Å²) in [6, 6.07) is 0. The lowest BCUT2D eigenvalue weighted by atomic mass is 9.50. The van der Waals surface area contributed by atoms with Crippen LogP contribution in [0, 0.1) is 16.7 Å². The number of hydrogen-bond acceptors (Lipinski definition) is 2. The molecule has 0 N–H and O–H groups in total. The number of carbonyl (C=O) groups is 1. The van der Waals surface area contributed by atoms with Gasteiger partial charge in [0.25, 0.3) is 0 Å². The van der Waals surface area contributed by atoms with Gasteiger partial charge in [0.05, 0.1) is 13.5 Å². The zero-order valence-corrected chi connectivity index (χ0v) is 13.1. The Labute approximate surface area is 117 Å². The molecule has 2 nitrogen and oxygen atoms in total. The number of fused-ring (bicyclic) bond motifs is 1. The van der Waals surface area contributed by atoms with E-state index in [1.807, 2.05) is 0 Å². The number of hydrogen-bond donors (Lipinski definition) is 0. The standard InChI is InChI=1S/C17H28O2/c1-12-7-8-14-16(2,3)9-6-10-17(14,4)13(12)11-15(18)19-5/h14H,6-11H2,1-5H3/t14-,17+/m1/s1. The summed E-state index contributed by atoms with van der Waals surface area (Å²) in [6.45, 7) is 9.41. The summed E-state index contributed by atoms with van der Waals surface area (Å²) in [5.74, 6) is 0.622. The molecule has 1 fully saturated rings. The highest BCUT2D eigenvalue weighted by Crippen LogP contribution is 2.60. The summed E-state index contributed by atoms with van der Waals surface area (Å²) in [6.07, 6.45) is 6.74. The van der Waals surface area contributed by atoms with Gasteiger partial charge in [-0.1, -0.05) is 38.3 Å². The maximum atomic E-state index is 11.7. The molecule has 0 unspecified atom stereocenters. The lowest BCUT2D eigenvalue weighted by Gasteiger charge is -2.55. The predicted octanol–water partition coefficient (Wildman–Crippen LogP) is 4.49. The first kappa shape index (κ1) is 14.6. The molecule has 2 atom stereocenters. The normalized spacial score (nSPS) is 33.8. The molecule has 19 heavy (non-hydrogen) atoms. The quantitative estimate of drug-likeness (QED) is 0.542. The van der Waals surface area contributed by atoms with E-state index in [0.717, 1.165) is 6.42 Å². The summed E-state index contributed by atoms with van der Waals surface area (Å²) in [7, 11) is 1.49. The second-order valence-electron chi connectivity index (χ2n) is 7.36. The summed E-state index contributed by atoms with van der Waals surface area (Å²) in [5, 5.41) is 0. The van der Waals surface area contributed by atoms with Crippen LogP contribution in [0.4, 0.5) is 0 Å². The molecular formula is C17H28O2. The van der Waals surface area contributed by atoms with Crippen LogP contribution in [0.15, 0.2) is 11.1 Å². The summed E-state index contributed by atoms with van der Waals surface area (Å²) in [4.78, 5) is 11.7. The Morgan fingerprint density at radius 1 is 1.32 bits per heavy atom. The number of methoxy groups -OCH3 is 1. The monoisotopic (exact) mass is 264 g/mol. The van der Waals surface area contributed by atoms with E-state index in [4.69, 9.17) is 4.74 Å². The Balaban J connectivity index is 2.37. The van der Waals surface area contributed by atoms with Crippen molar-refractivity contribution in [2.45, 2.75) is 66.2 Å². The van der Waals surface area contributed by atoms with Crippen molar-refractivity contribution in [3.63, 3.8) is 0 Å². The van der Waals surface area contributed by atoms with Crippen LogP contribution in [0.3, 0.4) is 0 Å². The van der Waals surface area contributed by atoms with E-state index in [-0.39, 0.29) is 11.4 Å². The van der Waals surface area contributed by atoms with E-state index in [2.05, 4.69) is 27.7 Å². The minimum absolute atomic E-state index is 0.0837. The third-order valence-electron chi connectivity index (χ3n) is 5.79. The highest BCUT2D eigenvalue weighted by molar-refractivity contribution is 5.73. The first-order valence-electron chi connectivity index (χ1n) is 7.57. The molecule has 0 amide bonds. The van der Waals surface area contributed by atoms with Crippen LogP contribution >= 0.6 is 0 Å². The van der Waals surface area contributed by atoms with E-state index < -0.39 is 0 Å². The number of rotatable bonds is 2. The van der Waals surface area contributed by atoms with Crippen LogP contribution in [0.2, 0.25) is 0 Å². The SMILES string of the molecule is COC(=O)CC1=C(C)CC[C@@H]2C(C)(C)CCC[C@@]12C. The molecule has 2 heteroatoms. The first-order chi connectivity index (χ1) is 8.81. The average Bonchev–Trinajstić information content (AvgIpc) is 2.32. The number of carbonyl (C=O) groups excluding carboxylic acids is 1. The van der Waals surface area contributed by atoms with Gasteiger partial charge in [-0.25, -0.2) is 0 Å². The fraction of sp³-hybridized carbons (Fsp3) is 0.824. The molecule has 0 spiro atoms. The van der Waals surface area contributed by atoms with Gasteiger partial charge in [-0.05, 0) is 49.4 Å². The first-order valence-corrected chi connectivity index (χ1v) is 7.57. The van der Waals surface area contributed by atoms with Crippen LogP contribution in [0.25, 0.3) is 0 Å². The highest BCUT2D eigenvalue weighted by atomic mass is 16.5. The van der Waals surface area contributed by atoms with Gasteiger partial charge in [-0.15, -0.1) is 0 Å². The van der Waals surface area contributed by atoms with E-state index in [1.165, 1.54) is 43.9 Å². The third-order valence-corrected chi connectivity index (χ3v) is 5.79. The van der Waals surface area contributed by atoms with E-state index in [0.29, 0.717) is 17.8 Å². The highest BCUT2D eigenvalue weighted by Gasteiger charge is 2.50. The average molecular weight is 264 g/mol. The van der Waals surface area contributed by atoms with Crippen molar-refractivity contribution in [1.82, 2.24) is 0 Å². The molecule has 0 saturated heterocycles. The van der Waals surface area contributed by atoms with Crippen molar-refractivity contribution >= 4 is 5.97 Å². The number of ether oxygens (including phenoxy) is 1. The fourth-order valence-corrected chi connectivity index (χ4v) is 4.76. The van der Waals surface area contributed by atoms with E-state index in [1.54, 1.807) is 0 Å². The van der Waals surface area contributed by atoms with Gasteiger partial charge in [0.1, 0.15) is 0 Å². The van der Waals surface area contributed by atoms with Gasteiger partial charge in [0.15, 0.2) is 0 Å². The van der Waals surface area contributed by atoms with Crippen LogP contribution in [0.5, 0.6) is 0 Å². The molecule has 2 rings (SSSR count). The van der Waals surface area contributed by atoms with E-state index in [9.17, 15) is 4.79 Å². The van der Waals surface area contributed by atoms with Gasteiger partial charge in [-0.3, -0.25) is 4.79 Å². The third kappa shape index (κ3) is 2.46. The van der Waals surface area contributed by atoms with Crippen LogP contribution in [0.1, 0.15) is 66.2 Å². The molecule has 2 aliphatic carbocycles. The molecule has 0 radical (unpaired) electrons. The Bertz CT molecular complexity index is 405. The lowest BCUT2D eigenvalue weighted by molar-refractivity contribution is -0.140. The lowest BCUT2D eigenvalue weighted by Crippen LogP contribution is -2.45. The predicted molar refractivity (Wildman–Crippen MR) is 77.8 cm³/mol. The maximum Gasteiger partial charge on any atom is 0.309 e. The zero-order valence-electron chi connectivity index (χ0n) is 13.1. The van der Waals surface area contributed by atoms with Crippen molar-refractivity contribution in [2.75, 3.05) is 7.11 Å². The summed E-state index contributed by atoms with van der Waals surface area (Å²) < 4.78 is 4.90. The van der Waals surface area contributed by atoms with Gasteiger partial charge in [0.2, 0.25) is 0 Å². The Hall–Kier alpha value is -0.790. The molecule has 0 aliphatic heterocycles. The molecule has 0 aromatic heterocycles. The molecule has 0 heterocycles. The fourth-order valence-electron chi connectivity index (χ4n) is 4.76. The molecule has 0 aromatic carbocycles. The van der Waals surface area contributed by atoms with Crippen molar-refractivity contribution in [3.8, 4) is 0 Å². The minimum Gasteiger partial charge on any atom is -0.469 e. The number of esters is 1. The van der Waals surface area contributed by atoms with Gasteiger partial charge >= 0.3 is 5.97 Å². The molecule has 1 saturated carbocycles. The van der Waals surface area contributed by atoms with Crippen molar-refractivity contribution < 1.29 is 9.53 Å². The zero-order chi connectivity index (χ0) is 14.3. The van der Waals surface area contributed by atoms with Gasteiger partial charge < -0.3 is 4.74 Å². The molecule has 0 bridgehead atoms. The second kappa shape index (κ2) is 4.96. The van der Waals surface area contributed by atoms with Crippen LogP contribution in [-0.2, 0) is 9.53 Å².